The van der Waals surface area contributed by atoms with Gasteiger partial charge in [0.05, 0.1) is 20.0 Å². The number of unbranched alkanes of at least 4 members (excludes halogenated alkanes) is 1. The zero-order valence-electron chi connectivity index (χ0n) is 30.4. The molecule has 3 amide bonds. The average Bonchev–Trinajstić information content (AvgIpc) is 3.41. The molecule has 1 fully saturated rings. The molecule has 0 aliphatic carbocycles. The van der Waals surface area contributed by atoms with Crippen molar-refractivity contribution in [3.63, 3.8) is 0 Å². The maximum atomic E-state index is 14.2. The number of methoxy groups -OCH3 is 1. The standard InChI is InChI=1S/C36H54N4O6/c1-8-10-15-27(23-41)37-34(44)30(19-26-22-39(35(45)46-7)31-18-12-11-17-29(26)31)38-33(43)25(21-36(4,5)6)20-32(42)40-24(3)14-13-16-28(40)9-2/h11-12,17-18,22-25,27-28,30H,8-10,13-16,19-21H2,1-7H3,(H,37,44)(H,38,43)/t24-,25+,27-,28+,30-/m1/s1/i3D,11D. The lowest BCUT2D eigenvalue weighted by Gasteiger charge is -2.41. The summed E-state index contributed by atoms with van der Waals surface area (Å²) in [5.74, 6) is -1.93. The van der Waals surface area contributed by atoms with Crippen LogP contribution in [-0.4, -0.2) is 70.8 Å². The van der Waals surface area contributed by atoms with E-state index in [9.17, 15) is 24.0 Å². The van der Waals surface area contributed by atoms with Crippen LogP contribution in [0.25, 0.3) is 10.9 Å². The number of nitrogens with zero attached hydrogens (tertiary/aromatic N) is 2. The van der Waals surface area contributed by atoms with E-state index in [0.717, 1.165) is 38.5 Å². The smallest absolute Gasteiger partial charge is 0.418 e. The first kappa shape index (κ1) is 33.7. The maximum absolute atomic E-state index is 14.2. The number of hydrogen-bond donors (Lipinski definition) is 2. The van der Waals surface area contributed by atoms with Gasteiger partial charge in [-0.2, -0.15) is 0 Å². The molecule has 0 radical (unpaired) electrons. The molecule has 254 valence electrons. The van der Waals surface area contributed by atoms with Crippen molar-refractivity contribution in [1.82, 2.24) is 20.1 Å². The fourth-order valence-electron chi connectivity index (χ4n) is 6.48. The molecule has 5 atom stereocenters. The number of likely N-dealkylation sites (tertiary alicyclic amines) is 1. The first-order valence-electron chi connectivity index (χ1n) is 17.8. The first-order chi connectivity index (χ1) is 22.8. The van der Waals surface area contributed by atoms with Crippen molar-refractivity contribution in [2.24, 2.45) is 11.3 Å². The lowest BCUT2D eigenvalue weighted by molar-refractivity contribution is -0.142. The van der Waals surface area contributed by atoms with Crippen LogP contribution in [-0.2, 0) is 30.3 Å². The highest BCUT2D eigenvalue weighted by Gasteiger charge is 2.36. The summed E-state index contributed by atoms with van der Waals surface area (Å²) in [5.41, 5.74) is 0.698. The van der Waals surface area contributed by atoms with Crippen LogP contribution in [0.2, 0.25) is 0 Å². The molecular formula is C36H54N4O6. The van der Waals surface area contributed by atoms with Crippen molar-refractivity contribution in [3.05, 3.63) is 36.0 Å². The largest absolute Gasteiger partial charge is 0.452 e. The number of fused-ring (bicyclic) bond motifs is 1. The minimum atomic E-state index is -1.15. The van der Waals surface area contributed by atoms with Crippen LogP contribution in [0.5, 0.6) is 0 Å². The van der Waals surface area contributed by atoms with Crippen LogP contribution in [0.4, 0.5) is 4.79 Å². The third-order valence-corrected chi connectivity index (χ3v) is 8.79. The molecule has 0 saturated carbocycles. The van der Waals surface area contributed by atoms with Gasteiger partial charge in [0.2, 0.25) is 17.7 Å². The van der Waals surface area contributed by atoms with Gasteiger partial charge in [-0.25, -0.2) is 4.79 Å². The SMILES string of the molecule is [2H]C[C@@H]1CCC[C@H](CC)N1C(=O)C[C@@H](CC(C)(C)C)C(=O)N[C@H](Cc1cn(C(=O)OC)c2ccc([2H])cc12)C(=O)N[C@@H](C=O)CCCC. The van der Waals surface area contributed by atoms with E-state index in [0.29, 0.717) is 35.6 Å². The van der Waals surface area contributed by atoms with Gasteiger partial charge in [-0.15, -0.1) is 0 Å². The Morgan fingerprint density at radius 2 is 1.91 bits per heavy atom. The zero-order chi connectivity index (χ0) is 35.6. The number of piperidine rings is 1. The number of carbonyl (C=O) groups is 5. The summed E-state index contributed by atoms with van der Waals surface area (Å²) in [4.78, 5) is 68.2. The third kappa shape index (κ3) is 9.66. The Balaban J connectivity index is 1.99. The fourth-order valence-corrected chi connectivity index (χ4v) is 6.48. The molecule has 1 aromatic heterocycles. The molecule has 0 spiro atoms. The summed E-state index contributed by atoms with van der Waals surface area (Å²) in [6.45, 7) is 10.1. The van der Waals surface area contributed by atoms with E-state index in [1.807, 2.05) is 39.5 Å². The van der Waals surface area contributed by atoms with E-state index < -0.39 is 35.9 Å². The van der Waals surface area contributed by atoms with Crippen molar-refractivity contribution in [1.29, 1.82) is 0 Å². The molecule has 46 heavy (non-hydrogen) atoms. The van der Waals surface area contributed by atoms with E-state index in [1.165, 1.54) is 17.9 Å². The van der Waals surface area contributed by atoms with E-state index in [1.54, 1.807) is 18.2 Å². The van der Waals surface area contributed by atoms with Crippen LogP contribution in [0, 0.1) is 11.3 Å². The van der Waals surface area contributed by atoms with Crippen LogP contribution >= 0.6 is 0 Å². The molecule has 0 unspecified atom stereocenters. The summed E-state index contributed by atoms with van der Waals surface area (Å²) < 4.78 is 22.5. The van der Waals surface area contributed by atoms with Crippen LogP contribution in [0.1, 0.15) is 108 Å². The van der Waals surface area contributed by atoms with Crippen LogP contribution in [0.15, 0.2) is 30.4 Å². The molecule has 2 aromatic rings. The first-order valence-corrected chi connectivity index (χ1v) is 16.6. The highest BCUT2D eigenvalue weighted by Crippen LogP contribution is 2.31. The van der Waals surface area contributed by atoms with Gasteiger partial charge in [-0.1, -0.05) is 65.6 Å². The Kier molecular flexibility index (Phi) is 12.3. The summed E-state index contributed by atoms with van der Waals surface area (Å²) in [6, 6.07) is 2.90. The number of carbonyl (C=O) groups excluding carboxylic acids is 5. The van der Waals surface area contributed by atoms with Crippen molar-refractivity contribution >= 4 is 41.0 Å². The number of para-hydroxylation sites is 1. The molecule has 10 heteroatoms. The maximum Gasteiger partial charge on any atom is 0.418 e. The average molecular weight is 641 g/mol. The number of rotatable bonds is 14. The van der Waals surface area contributed by atoms with Gasteiger partial charge in [0.15, 0.2) is 0 Å². The Bertz CT molecular complexity index is 1430. The Hall–Kier alpha value is -3.69. The molecule has 2 heterocycles. The second kappa shape index (κ2) is 16.7. The summed E-state index contributed by atoms with van der Waals surface area (Å²) in [5, 5.41) is 6.25. The molecule has 10 nitrogen and oxygen atoms in total. The van der Waals surface area contributed by atoms with Gasteiger partial charge >= 0.3 is 6.09 Å². The number of nitrogens with one attached hydrogen (secondary N) is 2. The summed E-state index contributed by atoms with van der Waals surface area (Å²) >= 11 is 0. The number of hydrogen-bond acceptors (Lipinski definition) is 6. The molecular weight excluding hydrogens is 584 g/mol. The third-order valence-electron chi connectivity index (χ3n) is 8.79. The monoisotopic (exact) mass is 640 g/mol. The highest BCUT2D eigenvalue weighted by molar-refractivity contribution is 5.94. The predicted octanol–water partition coefficient (Wildman–Crippen LogP) is 5.78. The molecule has 0 bridgehead atoms. The minimum Gasteiger partial charge on any atom is -0.452 e. The van der Waals surface area contributed by atoms with Gasteiger partial charge in [0.1, 0.15) is 12.3 Å². The molecule has 1 saturated heterocycles. The Labute approximate surface area is 276 Å². The van der Waals surface area contributed by atoms with Crippen LogP contribution < -0.4 is 10.6 Å². The lowest BCUT2D eigenvalue weighted by atomic mass is 9.82. The van der Waals surface area contributed by atoms with Crippen molar-refractivity contribution in [2.45, 2.75) is 130 Å². The van der Waals surface area contributed by atoms with Gasteiger partial charge in [0, 0.05) is 43.8 Å². The van der Waals surface area contributed by atoms with Gasteiger partial charge in [0.25, 0.3) is 0 Å². The van der Waals surface area contributed by atoms with E-state index in [-0.39, 0.29) is 49.2 Å². The highest BCUT2D eigenvalue weighted by atomic mass is 16.5. The molecule has 1 aliphatic rings. The van der Waals surface area contributed by atoms with Gasteiger partial charge < -0.3 is 25.1 Å². The van der Waals surface area contributed by atoms with Crippen LogP contribution in [0.3, 0.4) is 0 Å². The van der Waals surface area contributed by atoms with Crippen molar-refractivity contribution in [2.75, 3.05) is 7.11 Å². The zero-order valence-corrected chi connectivity index (χ0v) is 28.4. The molecule has 3 rings (SSSR count). The fraction of sp³-hybridized carbons (Fsp3) is 0.639. The molecule has 1 aliphatic heterocycles. The van der Waals surface area contributed by atoms with E-state index >= 15 is 0 Å². The molecule has 2 N–H and O–H groups in total. The second-order valence-electron chi connectivity index (χ2n) is 13.7. The Morgan fingerprint density at radius 3 is 2.54 bits per heavy atom. The second-order valence-corrected chi connectivity index (χ2v) is 13.7. The topological polar surface area (TPSA) is 127 Å². The number of amides is 3. The summed E-state index contributed by atoms with van der Waals surface area (Å²) in [6.07, 6.45) is 7.24. The normalized spacial score (nSPS) is 19.4. The number of aromatic nitrogens is 1. The molecule has 1 aromatic carbocycles. The number of aldehydes is 1. The minimum absolute atomic E-state index is 0.0240. The van der Waals surface area contributed by atoms with Crippen molar-refractivity contribution in [3.8, 4) is 0 Å². The van der Waals surface area contributed by atoms with E-state index in [2.05, 4.69) is 10.6 Å². The summed E-state index contributed by atoms with van der Waals surface area (Å²) in [7, 11) is 1.26. The quantitative estimate of drug-likeness (QED) is 0.252. The van der Waals surface area contributed by atoms with E-state index in [4.69, 9.17) is 7.48 Å². The lowest BCUT2D eigenvalue weighted by Crippen LogP contribution is -2.53. The number of ether oxygens (including phenoxy) is 1. The Morgan fingerprint density at radius 1 is 1.15 bits per heavy atom. The van der Waals surface area contributed by atoms with Gasteiger partial charge in [-0.3, -0.25) is 19.0 Å². The van der Waals surface area contributed by atoms with Gasteiger partial charge in [-0.05, 0) is 62.5 Å². The van der Waals surface area contributed by atoms with Crippen molar-refractivity contribution < 1.29 is 31.5 Å². The number of benzene rings is 1. The predicted molar refractivity (Wildman–Crippen MR) is 179 cm³/mol.